The molecule has 0 aliphatic heterocycles. The van der Waals surface area contributed by atoms with Crippen molar-refractivity contribution in [2.75, 3.05) is 13.2 Å². The van der Waals surface area contributed by atoms with Gasteiger partial charge in [0, 0.05) is 6.61 Å². The largest absolute Gasteiger partial charge is 0.394 e. The van der Waals surface area contributed by atoms with Crippen molar-refractivity contribution >= 4 is 0 Å². The Balaban J connectivity index is 2.12. The van der Waals surface area contributed by atoms with Crippen LogP contribution in [0.25, 0.3) is 0 Å². The van der Waals surface area contributed by atoms with Gasteiger partial charge in [-0.2, -0.15) is 0 Å². The fourth-order valence-electron chi connectivity index (χ4n) is 1.02. The van der Waals surface area contributed by atoms with Crippen LogP contribution in [0.4, 0.5) is 0 Å². The first-order chi connectivity index (χ1) is 4.38. The lowest BCUT2D eigenvalue weighted by atomic mass is 10.2. The molecule has 0 aromatic carbocycles. The Morgan fingerprint density at radius 2 is 2.33 bits per heavy atom. The van der Waals surface area contributed by atoms with Crippen molar-refractivity contribution in [2.24, 2.45) is 5.92 Å². The van der Waals surface area contributed by atoms with Gasteiger partial charge in [-0.1, -0.05) is 0 Å². The van der Waals surface area contributed by atoms with Crippen LogP contribution >= 0.6 is 0 Å². The number of aliphatic hydroxyl groups excluding tert-OH is 1. The highest BCUT2D eigenvalue weighted by Gasteiger charge is 2.30. The second-order valence-corrected chi connectivity index (χ2v) is 2.51. The molecule has 1 N–H and O–H groups in total. The van der Waals surface area contributed by atoms with Gasteiger partial charge < -0.3 is 9.84 Å². The molecule has 1 atom stereocenters. The molecule has 2 nitrogen and oxygen atoms in total. The van der Waals surface area contributed by atoms with E-state index in [4.69, 9.17) is 9.84 Å². The van der Waals surface area contributed by atoms with Crippen LogP contribution in [0.3, 0.4) is 0 Å². The Hall–Kier alpha value is -0.0800. The van der Waals surface area contributed by atoms with E-state index in [1.807, 2.05) is 6.92 Å². The van der Waals surface area contributed by atoms with Crippen molar-refractivity contribution in [2.45, 2.75) is 25.9 Å². The molecule has 0 spiro atoms. The molecule has 1 fully saturated rings. The molecule has 0 amide bonds. The molecular formula is C7H14O2. The van der Waals surface area contributed by atoms with Gasteiger partial charge in [0.05, 0.1) is 12.7 Å². The molecule has 0 aromatic rings. The Bertz CT molecular complexity index is 79.0. The van der Waals surface area contributed by atoms with Crippen molar-refractivity contribution in [3.8, 4) is 0 Å². The summed E-state index contributed by atoms with van der Waals surface area (Å²) in [6.07, 6.45) is 2.62. The number of ether oxygens (including phenoxy) is 1. The summed E-state index contributed by atoms with van der Waals surface area (Å²) in [6.45, 7) is 2.88. The van der Waals surface area contributed by atoms with Crippen LogP contribution in [-0.4, -0.2) is 24.4 Å². The lowest BCUT2D eigenvalue weighted by Crippen LogP contribution is -2.19. The zero-order valence-corrected chi connectivity index (χ0v) is 5.84. The minimum absolute atomic E-state index is 0.134. The maximum atomic E-state index is 8.74. The molecule has 1 rings (SSSR count). The number of rotatable bonds is 4. The quantitative estimate of drug-likeness (QED) is 0.609. The molecule has 9 heavy (non-hydrogen) atoms. The zero-order chi connectivity index (χ0) is 6.69. The average molecular weight is 130 g/mol. The molecule has 0 bridgehead atoms. The lowest BCUT2D eigenvalue weighted by Gasteiger charge is -2.11. The van der Waals surface area contributed by atoms with Gasteiger partial charge in [0.25, 0.3) is 0 Å². The SMILES string of the molecule is CCO[C@H](CO)C1CC1. The highest BCUT2D eigenvalue weighted by molar-refractivity contribution is 4.81. The second-order valence-electron chi connectivity index (χ2n) is 2.51. The fourth-order valence-corrected chi connectivity index (χ4v) is 1.02. The van der Waals surface area contributed by atoms with Gasteiger partial charge >= 0.3 is 0 Å². The maximum absolute atomic E-state index is 8.74. The van der Waals surface area contributed by atoms with E-state index in [0.717, 1.165) is 6.61 Å². The van der Waals surface area contributed by atoms with Crippen molar-refractivity contribution < 1.29 is 9.84 Å². The average Bonchev–Trinajstić information content (AvgIpc) is 2.64. The van der Waals surface area contributed by atoms with Crippen LogP contribution in [-0.2, 0) is 4.74 Å². The van der Waals surface area contributed by atoms with E-state index in [0.29, 0.717) is 5.92 Å². The lowest BCUT2D eigenvalue weighted by molar-refractivity contribution is 0.00638. The first-order valence-corrected chi connectivity index (χ1v) is 3.61. The molecule has 0 radical (unpaired) electrons. The predicted octanol–water partition coefficient (Wildman–Crippen LogP) is 0.794. The molecular weight excluding hydrogens is 116 g/mol. The van der Waals surface area contributed by atoms with Crippen LogP contribution in [0.15, 0.2) is 0 Å². The first kappa shape index (κ1) is 7.03. The summed E-state index contributed by atoms with van der Waals surface area (Å²) >= 11 is 0. The van der Waals surface area contributed by atoms with Crippen LogP contribution in [0.5, 0.6) is 0 Å². The van der Waals surface area contributed by atoms with Crippen LogP contribution in [0.2, 0.25) is 0 Å². The zero-order valence-electron chi connectivity index (χ0n) is 5.84. The van der Waals surface area contributed by atoms with E-state index < -0.39 is 0 Å². The van der Waals surface area contributed by atoms with Crippen molar-refractivity contribution in [3.63, 3.8) is 0 Å². The monoisotopic (exact) mass is 130 g/mol. The molecule has 0 aromatic heterocycles. The van der Waals surface area contributed by atoms with E-state index in [1.165, 1.54) is 12.8 Å². The van der Waals surface area contributed by atoms with E-state index >= 15 is 0 Å². The first-order valence-electron chi connectivity index (χ1n) is 3.61. The number of hydrogen-bond donors (Lipinski definition) is 1. The predicted molar refractivity (Wildman–Crippen MR) is 35.2 cm³/mol. The van der Waals surface area contributed by atoms with E-state index in [9.17, 15) is 0 Å². The third kappa shape index (κ3) is 1.95. The van der Waals surface area contributed by atoms with Gasteiger partial charge in [0.1, 0.15) is 0 Å². The summed E-state index contributed by atoms with van der Waals surface area (Å²) in [5.74, 6) is 0.662. The number of hydrogen-bond acceptors (Lipinski definition) is 2. The fraction of sp³-hybridized carbons (Fsp3) is 1.00. The van der Waals surface area contributed by atoms with E-state index in [-0.39, 0.29) is 12.7 Å². The third-order valence-corrected chi connectivity index (χ3v) is 1.71. The third-order valence-electron chi connectivity index (χ3n) is 1.71. The highest BCUT2D eigenvalue weighted by atomic mass is 16.5. The van der Waals surface area contributed by atoms with Gasteiger partial charge in [0.15, 0.2) is 0 Å². The van der Waals surface area contributed by atoms with Crippen molar-refractivity contribution in [1.29, 1.82) is 0 Å². The molecule has 1 aliphatic rings. The van der Waals surface area contributed by atoms with Gasteiger partial charge in [-0.25, -0.2) is 0 Å². The summed E-state index contributed by atoms with van der Waals surface area (Å²) in [4.78, 5) is 0. The number of aliphatic hydroxyl groups is 1. The molecule has 54 valence electrons. The smallest absolute Gasteiger partial charge is 0.0833 e. The Labute approximate surface area is 55.8 Å². The van der Waals surface area contributed by atoms with Gasteiger partial charge in [-0.05, 0) is 25.7 Å². The van der Waals surface area contributed by atoms with Crippen LogP contribution in [0, 0.1) is 5.92 Å². The molecule has 1 aliphatic carbocycles. The highest BCUT2D eigenvalue weighted by Crippen LogP contribution is 2.33. The van der Waals surface area contributed by atoms with E-state index in [1.54, 1.807) is 0 Å². The topological polar surface area (TPSA) is 29.5 Å². The normalized spacial score (nSPS) is 22.0. The Morgan fingerprint density at radius 3 is 2.67 bits per heavy atom. The molecule has 2 heteroatoms. The van der Waals surface area contributed by atoms with Crippen LogP contribution < -0.4 is 0 Å². The molecule has 0 heterocycles. The Kier molecular flexibility index (Phi) is 2.49. The van der Waals surface area contributed by atoms with Gasteiger partial charge in [-0.15, -0.1) is 0 Å². The molecule has 0 saturated heterocycles. The van der Waals surface area contributed by atoms with Crippen molar-refractivity contribution in [3.05, 3.63) is 0 Å². The molecule has 0 unspecified atom stereocenters. The Morgan fingerprint density at radius 1 is 1.67 bits per heavy atom. The van der Waals surface area contributed by atoms with Gasteiger partial charge in [-0.3, -0.25) is 0 Å². The molecule has 1 saturated carbocycles. The van der Waals surface area contributed by atoms with Crippen LogP contribution in [0.1, 0.15) is 19.8 Å². The second kappa shape index (κ2) is 3.18. The van der Waals surface area contributed by atoms with E-state index in [2.05, 4.69) is 0 Å². The summed E-state index contributed by atoms with van der Waals surface area (Å²) in [7, 11) is 0. The minimum Gasteiger partial charge on any atom is -0.394 e. The summed E-state index contributed by atoms with van der Waals surface area (Å²) in [5, 5.41) is 8.74. The summed E-state index contributed by atoms with van der Waals surface area (Å²) in [5.41, 5.74) is 0. The van der Waals surface area contributed by atoms with Gasteiger partial charge in [0.2, 0.25) is 0 Å². The maximum Gasteiger partial charge on any atom is 0.0833 e. The standard InChI is InChI=1S/C7H14O2/c1-2-9-7(5-8)6-3-4-6/h6-8H,2-5H2,1H3/t7-/m1/s1. The minimum atomic E-state index is 0.134. The summed E-state index contributed by atoms with van der Waals surface area (Å²) in [6, 6.07) is 0. The van der Waals surface area contributed by atoms with Crippen molar-refractivity contribution in [1.82, 2.24) is 0 Å². The summed E-state index contributed by atoms with van der Waals surface area (Å²) < 4.78 is 5.27.